The van der Waals surface area contributed by atoms with Gasteiger partial charge < -0.3 is 10.1 Å². The predicted octanol–water partition coefficient (Wildman–Crippen LogP) is 3.31. The smallest absolute Gasteiger partial charge is 0.135 e. The van der Waals surface area contributed by atoms with Crippen molar-refractivity contribution in [2.24, 2.45) is 5.92 Å². The van der Waals surface area contributed by atoms with Gasteiger partial charge in [-0.2, -0.15) is 0 Å². The van der Waals surface area contributed by atoms with E-state index in [1.54, 1.807) is 7.11 Å². The van der Waals surface area contributed by atoms with Crippen molar-refractivity contribution in [3.05, 3.63) is 27.7 Å². The van der Waals surface area contributed by atoms with Gasteiger partial charge in [0.1, 0.15) is 5.75 Å². The Balaban J connectivity index is 2.10. The highest BCUT2D eigenvalue weighted by Gasteiger charge is 2.15. The molecule has 1 aliphatic rings. The first-order valence-corrected chi connectivity index (χ1v) is 7.03. The van der Waals surface area contributed by atoms with Crippen molar-refractivity contribution in [3.63, 3.8) is 0 Å². The molecule has 0 spiro atoms. The van der Waals surface area contributed by atoms with Crippen LogP contribution in [0.4, 0.5) is 0 Å². The zero-order valence-corrected chi connectivity index (χ0v) is 12.1. The summed E-state index contributed by atoms with van der Waals surface area (Å²) in [6, 6.07) is 4.44. The number of nitrogens with one attached hydrogen (secondary N) is 1. The van der Waals surface area contributed by atoms with E-state index in [0.717, 1.165) is 29.1 Å². The molecule has 0 bridgehead atoms. The van der Waals surface area contributed by atoms with Crippen LogP contribution >= 0.6 is 15.9 Å². The number of ether oxygens (including phenoxy) is 1. The predicted molar refractivity (Wildman–Crippen MR) is 74.7 cm³/mol. The number of aryl methyl sites for hydroxylation is 1. The molecule has 0 saturated carbocycles. The quantitative estimate of drug-likeness (QED) is 0.924. The first-order chi connectivity index (χ1) is 8.20. The van der Waals surface area contributed by atoms with E-state index >= 15 is 0 Å². The third kappa shape index (κ3) is 3.23. The lowest BCUT2D eigenvalue weighted by molar-refractivity contribution is 0.375. The van der Waals surface area contributed by atoms with Crippen molar-refractivity contribution < 1.29 is 4.74 Å². The van der Waals surface area contributed by atoms with Crippen molar-refractivity contribution in [1.29, 1.82) is 0 Å². The molecule has 1 aliphatic heterocycles. The molecule has 1 unspecified atom stereocenters. The van der Waals surface area contributed by atoms with Crippen molar-refractivity contribution in [1.82, 2.24) is 5.32 Å². The van der Waals surface area contributed by atoms with Crippen LogP contribution in [0.3, 0.4) is 0 Å². The summed E-state index contributed by atoms with van der Waals surface area (Å²) in [5, 5.41) is 3.47. The minimum Gasteiger partial charge on any atom is -0.495 e. The maximum absolute atomic E-state index is 5.36. The zero-order valence-electron chi connectivity index (χ0n) is 10.6. The summed E-state index contributed by atoms with van der Waals surface area (Å²) >= 11 is 3.58. The number of halogens is 1. The third-order valence-electron chi connectivity index (χ3n) is 3.42. The first kappa shape index (κ1) is 12.9. The molecular weight excluding hydrogens is 278 g/mol. The van der Waals surface area contributed by atoms with Crippen LogP contribution in [0.5, 0.6) is 5.75 Å². The normalized spacial score (nSPS) is 20.3. The highest BCUT2D eigenvalue weighted by molar-refractivity contribution is 9.10. The molecule has 1 saturated heterocycles. The van der Waals surface area contributed by atoms with Gasteiger partial charge in [0, 0.05) is 0 Å². The summed E-state index contributed by atoms with van der Waals surface area (Å²) in [5.74, 6) is 1.74. The summed E-state index contributed by atoms with van der Waals surface area (Å²) in [5.41, 5.74) is 2.62. The summed E-state index contributed by atoms with van der Waals surface area (Å²) in [7, 11) is 1.72. The Morgan fingerprint density at radius 2 is 2.29 bits per heavy atom. The van der Waals surface area contributed by atoms with Gasteiger partial charge in [0.05, 0.1) is 11.6 Å². The molecule has 1 fully saturated rings. The van der Waals surface area contributed by atoms with E-state index in [0.29, 0.717) is 0 Å². The fourth-order valence-electron chi connectivity index (χ4n) is 2.61. The number of rotatable bonds is 3. The van der Waals surface area contributed by atoms with Gasteiger partial charge in [-0.1, -0.05) is 6.07 Å². The molecule has 3 heteroatoms. The third-order valence-corrected chi connectivity index (χ3v) is 4.01. The number of methoxy groups -OCH3 is 1. The van der Waals surface area contributed by atoms with Crippen molar-refractivity contribution >= 4 is 15.9 Å². The Labute approximate surface area is 112 Å². The minimum absolute atomic E-state index is 0.781. The van der Waals surface area contributed by atoms with Crippen molar-refractivity contribution in [2.75, 3.05) is 20.2 Å². The highest BCUT2D eigenvalue weighted by Crippen LogP contribution is 2.31. The Morgan fingerprint density at radius 1 is 1.47 bits per heavy atom. The number of hydrogen-bond donors (Lipinski definition) is 1. The second-order valence-electron chi connectivity index (χ2n) is 4.84. The van der Waals surface area contributed by atoms with Crippen LogP contribution in [0.15, 0.2) is 16.6 Å². The summed E-state index contributed by atoms with van der Waals surface area (Å²) in [6.07, 6.45) is 3.81. The first-order valence-electron chi connectivity index (χ1n) is 6.24. The molecule has 1 heterocycles. The van der Waals surface area contributed by atoms with Gasteiger partial charge in [-0.25, -0.2) is 0 Å². The zero-order chi connectivity index (χ0) is 12.3. The Bertz CT molecular complexity index is 363. The molecule has 1 aromatic rings. The second-order valence-corrected chi connectivity index (χ2v) is 5.70. The standard InChI is InChI=1S/C14H20BrNO/c1-10-6-12(8-13(15)14(10)17-2)7-11-4-3-5-16-9-11/h6,8,11,16H,3-5,7,9H2,1-2H3. The van der Waals surface area contributed by atoms with Crippen LogP contribution < -0.4 is 10.1 Å². The van der Waals surface area contributed by atoms with E-state index in [9.17, 15) is 0 Å². The lowest BCUT2D eigenvalue weighted by atomic mass is 9.92. The van der Waals surface area contributed by atoms with Crippen molar-refractivity contribution in [3.8, 4) is 5.75 Å². The summed E-state index contributed by atoms with van der Waals surface area (Å²) in [4.78, 5) is 0. The fourth-order valence-corrected chi connectivity index (χ4v) is 3.38. The maximum Gasteiger partial charge on any atom is 0.135 e. The van der Waals surface area contributed by atoms with Crippen LogP contribution in [-0.4, -0.2) is 20.2 Å². The van der Waals surface area contributed by atoms with E-state index in [-0.39, 0.29) is 0 Å². The monoisotopic (exact) mass is 297 g/mol. The molecule has 1 aromatic carbocycles. The molecule has 2 rings (SSSR count). The number of piperidine rings is 1. The van der Waals surface area contributed by atoms with Crippen LogP contribution in [0.25, 0.3) is 0 Å². The van der Waals surface area contributed by atoms with E-state index in [2.05, 4.69) is 40.3 Å². The molecule has 0 aliphatic carbocycles. The molecule has 17 heavy (non-hydrogen) atoms. The molecule has 0 radical (unpaired) electrons. The molecule has 1 atom stereocenters. The lowest BCUT2D eigenvalue weighted by Crippen LogP contribution is -2.30. The molecule has 1 N–H and O–H groups in total. The van der Waals surface area contributed by atoms with Gasteiger partial charge in [0.2, 0.25) is 0 Å². The van der Waals surface area contributed by atoms with Gasteiger partial charge >= 0.3 is 0 Å². The minimum atomic E-state index is 0.781. The average Bonchev–Trinajstić information content (AvgIpc) is 2.30. The van der Waals surface area contributed by atoms with Gasteiger partial charge in [-0.3, -0.25) is 0 Å². The SMILES string of the molecule is COc1c(C)cc(CC2CCCNC2)cc1Br. The molecule has 2 nitrogen and oxygen atoms in total. The maximum atomic E-state index is 5.36. The average molecular weight is 298 g/mol. The Morgan fingerprint density at radius 3 is 2.88 bits per heavy atom. The molecule has 0 aromatic heterocycles. The largest absolute Gasteiger partial charge is 0.495 e. The molecule has 94 valence electrons. The van der Waals surface area contributed by atoms with Gasteiger partial charge in [0.25, 0.3) is 0 Å². The number of benzene rings is 1. The topological polar surface area (TPSA) is 21.3 Å². The van der Waals surface area contributed by atoms with Crippen LogP contribution in [0.2, 0.25) is 0 Å². The summed E-state index contributed by atoms with van der Waals surface area (Å²) < 4.78 is 6.43. The second kappa shape index (κ2) is 5.87. The Hall–Kier alpha value is -0.540. The van der Waals surface area contributed by atoms with Gasteiger partial charge in [-0.15, -0.1) is 0 Å². The Kier molecular flexibility index (Phi) is 4.46. The fraction of sp³-hybridized carbons (Fsp3) is 0.571. The van der Waals surface area contributed by atoms with Crippen LogP contribution in [0.1, 0.15) is 24.0 Å². The highest BCUT2D eigenvalue weighted by atomic mass is 79.9. The van der Waals surface area contributed by atoms with E-state index in [1.807, 2.05) is 0 Å². The van der Waals surface area contributed by atoms with Crippen molar-refractivity contribution in [2.45, 2.75) is 26.2 Å². The van der Waals surface area contributed by atoms with E-state index in [1.165, 1.54) is 30.5 Å². The molecule has 0 amide bonds. The van der Waals surface area contributed by atoms with Crippen LogP contribution in [-0.2, 0) is 6.42 Å². The van der Waals surface area contributed by atoms with Gasteiger partial charge in [0.15, 0.2) is 0 Å². The lowest BCUT2D eigenvalue weighted by Gasteiger charge is -2.23. The summed E-state index contributed by atoms with van der Waals surface area (Å²) in [6.45, 7) is 4.44. The number of hydrogen-bond acceptors (Lipinski definition) is 2. The van der Waals surface area contributed by atoms with Gasteiger partial charge in [-0.05, 0) is 78.3 Å². The van der Waals surface area contributed by atoms with E-state index < -0.39 is 0 Å². The van der Waals surface area contributed by atoms with E-state index in [4.69, 9.17) is 4.74 Å². The molecular formula is C14H20BrNO. The van der Waals surface area contributed by atoms with Crippen LogP contribution in [0, 0.1) is 12.8 Å².